The Hall–Kier alpha value is -0.0200. The molecule has 2 atom stereocenters. The van der Waals surface area contributed by atoms with Gasteiger partial charge in [0.05, 0.1) is 5.69 Å². The number of halogens is 2. The lowest BCUT2D eigenvalue weighted by molar-refractivity contribution is 0.243. The fourth-order valence-corrected chi connectivity index (χ4v) is 4.79. The molecule has 3 rings (SSSR count). The maximum Gasteiger partial charge on any atom is 0.0513 e. The van der Waals surface area contributed by atoms with E-state index in [0.29, 0.717) is 0 Å². The lowest BCUT2D eigenvalue weighted by atomic mass is 9.78. The Balaban J connectivity index is 1.87. The van der Waals surface area contributed by atoms with E-state index in [2.05, 4.69) is 55.0 Å². The fraction of sp³-hybridized carbons (Fsp3) is 0.625. The highest BCUT2D eigenvalue weighted by Gasteiger charge is 2.33. The molecule has 0 aromatic heterocycles. The Morgan fingerprint density at radius 2 is 1.89 bits per heavy atom. The van der Waals surface area contributed by atoms with Gasteiger partial charge in [-0.15, -0.1) is 0 Å². The highest BCUT2D eigenvalue weighted by molar-refractivity contribution is 9.10. The number of hydrogen-bond donors (Lipinski definition) is 0. The van der Waals surface area contributed by atoms with Gasteiger partial charge in [-0.25, -0.2) is 0 Å². The van der Waals surface area contributed by atoms with E-state index in [1.54, 1.807) is 0 Å². The SMILES string of the molecule is BrCc1ccc(N2CCC[C@H]3CCCC[C@H]32)c(Br)c1. The lowest BCUT2D eigenvalue weighted by Gasteiger charge is -2.45. The Morgan fingerprint density at radius 3 is 2.68 bits per heavy atom. The van der Waals surface area contributed by atoms with Crippen molar-refractivity contribution in [2.45, 2.75) is 49.9 Å². The molecule has 3 heteroatoms. The molecule has 1 aliphatic heterocycles. The zero-order chi connectivity index (χ0) is 13.2. The van der Waals surface area contributed by atoms with Crippen molar-refractivity contribution < 1.29 is 0 Å². The molecule has 0 amide bonds. The molecule has 0 radical (unpaired) electrons. The van der Waals surface area contributed by atoms with E-state index in [4.69, 9.17) is 0 Å². The first kappa shape index (κ1) is 13.9. The maximum atomic E-state index is 3.78. The quantitative estimate of drug-likeness (QED) is 0.606. The van der Waals surface area contributed by atoms with E-state index >= 15 is 0 Å². The normalized spacial score (nSPS) is 27.2. The second kappa shape index (κ2) is 6.17. The topological polar surface area (TPSA) is 3.24 Å². The molecule has 1 saturated carbocycles. The summed E-state index contributed by atoms with van der Waals surface area (Å²) in [4.78, 5) is 2.68. The predicted molar refractivity (Wildman–Crippen MR) is 89.1 cm³/mol. The summed E-state index contributed by atoms with van der Waals surface area (Å²) < 4.78 is 1.26. The van der Waals surface area contributed by atoms with Gasteiger partial charge in [0, 0.05) is 22.4 Å². The van der Waals surface area contributed by atoms with Gasteiger partial charge >= 0.3 is 0 Å². The number of anilines is 1. The average molecular weight is 387 g/mol. The van der Waals surface area contributed by atoms with Crippen molar-refractivity contribution in [2.75, 3.05) is 11.4 Å². The van der Waals surface area contributed by atoms with Crippen molar-refractivity contribution in [3.05, 3.63) is 28.2 Å². The first-order valence-corrected chi connectivity index (χ1v) is 9.32. The predicted octanol–water partition coefficient (Wildman–Crippen LogP) is 5.50. The molecule has 19 heavy (non-hydrogen) atoms. The van der Waals surface area contributed by atoms with Crippen LogP contribution < -0.4 is 4.90 Å². The van der Waals surface area contributed by atoms with Crippen molar-refractivity contribution in [3.63, 3.8) is 0 Å². The van der Waals surface area contributed by atoms with Crippen LogP contribution in [0.4, 0.5) is 5.69 Å². The third kappa shape index (κ3) is 2.87. The first-order chi connectivity index (χ1) is 9.29. The van der Waals surface area contributed by atoms with Crippen LogP contribution in [0.5, 0.6) is 0 Å². The zero-order valence-electron chi connectivity index (χ0n) is 11.2. The van der Waals surface area contributed by atoms with Crippen LogP contribution in [0.2, 0.25) is 0 Å². The van der Waals surface area contributed by atoms with Gasteiger partial charge in [0.1, 0.15) is 0 Å². The smallest absolute Gasteiger partial charge is 0.0513 e. The highest BCUT2D eigenvalue weighted by Crippen LogP contribution is 2.40. The zero-order valence-corrected chi connectivity index (χ0v) is 14.4. The molecule has 104 valence electrons. The van der Waals surface area contributed by atoms with Gasteiger partial charge in [-0.1, -0.05) is 34.8 Å². The summed E-state index contributed by atoms with van der Waals surface area (Å²) >= 11 is 7.31. The molecule has 0 bridgehead atoms. The van der Waals surface area contributed by atoms with Crippen LogP contribution in [0.15, 0.2) is 22.7 Å². The summed E-state index contributed by atoms with van der Waals surface area (Å²) in [6, 6.07) is 7.60. The van der Waals surface area contributed by atoms with Crippen molar-refractivity contribution in [1.29, 1.82) is 0 Å². The molecule has 1 heterocycles. The van der Waals surface area contributed by atoms with Gasteiger partial charge in [-0.3, -0.25) is 0 Å². The second-order valence-corrected chi connectivity index (χ2v) is 7.28. The summed E-state index contributed by atoms with van der Waals surface area (Å²) in [5, 5.41) is 0.929. The van der Waals surface area contributed by atoms with Crippen LogP contribution in [0.3, 0.4) is 0 Å². The minimum absolute atomic E-state index is 0.786. The van der Waals surface area contributed by atoms with Crippen molar-refractivity contribution in [2.24, 2.45) is 5.92 Å². The molecular weight excluding hydrogens is 366 g/mol. The Labute approximate surface area is 133 Å². The number of fused-ring (bicyclic) bond motifs is 1. The van der Waals surface area contributed by atoms with Gasteiger partial charge in [0.15, 0.2) is 0 Å². The number of piperidine rings is 1. The van der Waals surface area contributed by atoms with Gasteiger partial charge in [-0.2, -0.15) is 0 Å². The molecule has 1 aromatic carbocycles. The van der Waals surface area contributed by atoms with E-state index < -0.39 is 0 Å². The largest absolute Gasteiger partial charge is 0.367 e. The van der Waals surface area contributed by atoms with Gasteiger partial charge in [0.25, 0.3) is 0 Å². The number of nitrogens with zero attached hydrogens (tertiary/aromatic N) is 1. The van der Waals surface area contributed by atoms with E-state index in [9.17, 15) is 0 Å². The van der Waals surface area contributed by atoms with Gasteiger partial charge < -0.3 is 4.90 Å². The van der Waals surface area contributed by atoms with E-state index in [0.717, 1.165) is 17.3 Å². The van der Waals surface area contributed by atoms with Crippen molar-refractivity contribution in [1.82, 2.24) is 0 Å². The standard InChI is InChI=1S/C16H21Br2N/c17-11-12-7-8-16(14(18)10-12)19-9-3-5-13-4-1-2-6-15(13)19/h7-8,10,13,15H,1-6,9,11H2/t13-,15-/m1/s1. The highest BCUT2D eigenvalue weighted by atomic mass is 79.9. The average Bonchev–Trinajstić information content (AvgIpc) is 2.46. The fourth-order valence-electron chi connectivity index (χ4n) is 3.79. The van der Waals surface area contributed by atoms with Crippen LogP contribution in [0.25, 0.3) is 0 Å². The van der Waals surface area contributed by atoms with Crippen molar-refractivity contribution in [3.8, 4) is 0 Å². The van der Waals surface area contributed by atoms with Crippen LogP contribution in [-0.4, -0.2) is 12.6 Å². The molecule has 1 saturated heterocycles. The van der Waals surface area contributed by atoms with Crippen LogP contribution in [0, 0.1) is 5.92 Å². The molecule has 1 nitrogen and oxygen atoms in total. The minimum atomic E-state index is 0.786. The van der Waals surface area contributed by atoms with E-state index in [1.807, 2.05) is 0 Å². The van der Waals surface area contributed by atoms with E-state index in [-0.39, 0.29) is 0 Å². The number of alkyl halides is 1. The number of benzene rings is 1. The summed E-state index contributed by atoms with van der Waals surface area (Å²) in [6.45, 7) is 1.23. The van der Waals surface area contributed by atoms with Crippen LogP contribution in [0.1, 0.15) is 44.1 Å². The maximum absolute atomic E-state index is 3.78. The third-order valence-electron chi connectivity index (χ3n) is 4.72. The minimum Gasteiger partial charge on any atom is -0.367 e. The Kier molecular flexibility index (Phi) is 4.53. The van der Waals surface area contributed by atoms with E-state index in [1.165, 1.54) is 60.8 Å². The summed E-state index contributed by atoms with van der Waals surface area (Å²) in [5.74, 6) is 0.935. The lowest BCUT2D eigenvalue weighted by Crippen LogP contribution is -2.47. The summed E-state index contributed by atoms with van der Waals surface area (Å²) in [7, 11) is 0. The number of rotatable bonds is 2. The molecule has 2 fully saturated rings. The van der Waals surface area contributed by atoms with Gasteiger partial charge in [-0.05, 0) is 65.2 Å². The van der Waals surface area contributed by atoms with Gasteiger partial charge in [0.2, 0.25) is 0 Å². The van der Waals surface area contributed by atoms with Crippen molar-refractivity contribution >= 4 is 37.5 Å². The molecule has 2 aliphatic rings. The summed E-state index contributed by atoms with van der Waals surface area (Å²) in [5.41, 5.74) is 2.74. The molecule has 0 N–H and O–H groups in total. The molecule has 0 unspecified atom stereocenters. The number of hydrogen-bond acceptors (Lipinski definition) is 1. The summed E-state index contributed by atoms with van der Waals surface area (Å²) in [6.07, 6.45) is 8.48. The molecular formula is C16H21Br2N. The van der Waals surface area contributed by atoms with Crippen LogP contribution in [-0.2, 0) is 5.33 Å². The first-order valence-electron chi connectivity index (χ1n) is 7.40. The van der Waals surface area contributed by atoms with Crippen LogP contribution >= 0.6 is 31.9 Å². The second-order valence-electron chi connectivity index (χ2n) is 5.87. The molecule has 0 spiro atoms. The molecule has 1 aliphatic carbocycles. The monoisotopic (exact) mass is 385 g/mol. The Morgan fingerprint density at radius 1 is 1.11 bits per heavy atom. The third-order valence-corrected chi connectivity index (χ3v) is 6.00. The molecule has 1 aromatic rings. The Bertz CT molecular complexity index is 444.